The van der Waals surface area contributed by atoms with Crippen LogP contribution in [0, 0.1) is 0 Å². The van der Waals surface area contributed by atoms with Crippen molar-refractivity contribution in [3.63, 3.8) is 0 Å². The molecule has 0 fully saturated rings. The number of rotatable bonds is 1. The Hall–Kier alpha value is -0.510. The SMILES string of the molecule is N[C@@H]1CCSc2c(CO)cccc21. The molecule has 2 nitrogen and oxygen atoms in total. The van der Waals surface area contributed by atoms with Gasteiger partial charge in [-0.3, -0.25) is 0 Å². The Balaban J connectivity index is 2.48. The summed E-state index contributed by atoms with van der Waals surface area (Å²) >= 11 is 1.80. The summed E-state index contributed by atoms with van der Waals surface area (Å²) in [5.41, 5.74) is 8.18. The van der Waals surface area contributed by atoms with Crippen molar-refractivity contribution in [2.75, 3.05) is 5.75 Å². The summed E-state index contributed by atoms with van der Waals surface area (Å²) < 4.78 is 0. The molecule has 0 spiro atoms. The highest BCUT2D eigenvalue weighted by atomic mass is 32.2. The third kappa shape index (κ3) is 1.59. The second-order valence-electron chi connectivity index (χ2n) is 3.24. The fourth-order valence-electron chi connectivity index (χ4n) is 1.64. The third-order valence-corrected chi connectivity index (χ3v) is 3.60. The molecule has 0 bridgehead atoms. The Morgan fingerprint density at radius 1 is 1.54 bits per heavy atom. The van der Waals surface area contributed by atoms with Crippen molar-refractivity contribution < 1.29 is 5.11 Å². The molecule has 13 heavy (non-hydrogen) atoms. The van der Waals surface area contributed by atoms with Crippen molar-refractivity contribution >= 4 is 11.8 Å². The van der Waals surface area contributed by atoms with E-state index in [1.54, 1.807) is 11.8 Å². The van der Waals surface area contributed by atoms with Crippen LogP contribution in [0.4, 0.5) is 0 Å². The maximum absolute atomic E-state index is 9.13. The van der Waals surface area contributed by atoms with E-state index in [-0.39, 0.29) is 12.6 Å². The predicted octanol–water partition coefficient (Wildman–Crippen LogP) is 1.67. The third-order valence-electron chi connectivity index (χ3n) is 2.37. The summed E-state index contributed by atoms with van der Waals surface area (Å²) in [6.45, 7) is 0.114. The highest BCUT2D eigenvalue weighted by Crippen LogP contribution is 2.37. The standard InChI is InChI=1S/C10H13NOS/c11-9-4-5-13-10-7(6-12)2-1-3-8(9)10/h1-3,9,12H,4-6,11H2/t9-/m1/s1. The molecule has 1 heterocycles. The van der Waals surface area contributed by atoms with Crippen LogP contribution in [0.1, 0.15) is 23.6 Å². The maximum Gasteiger partial charge on any atom is 0.0692 e. The monoisotopic (exact) mass is 195 g/mol. The van der Waals surface area contributed by atoms with Gasteiger partial charge in [0, 0.05) is 10.9 Å². The van der Waals surface area contributed by atoms with Crippen LogP contribution >= 0.6 is 11.8 Å². The second-order valence-corrected chi connectivity index (χ2v) is 4.34. The maximum atomic E-state index is 9.13. The minimum absolute atomic E-state index is 0.114. The first-order valence-corrected chi connectivity index (χ1v) is 5.42. The summed E-state index contributed by atoms with van der Waals surface area (Å²) in [5, 5.41) is 9.13. The predicted molar refractivity (Wildman–Crippen MR) is 54.6 cm³/mol. The van der Waals surface area contributed by atoms with Crippen LogP contribution < -0.4 is 5.73 Å². The van der Waals surface area contributed by atoms with Gasteiger partial charge in [-0.25, -0.2) is 0 Å². The number of hydrogen-bond donors (Lipinski definition) is 2. The number of aliphatic hydroxyl groups is 1. The minimum atomic E-state index is 0.114. The first-order chi connectivity index (χ1) is 6.33. The molecule has 1 aromatic rings. The molecule has 0 saturated heterocycles. The fraction of sp³-hybridized carbons (Fsp3) is 0.400. The highest BCUT2D eigenvalue weighted by Gasteiger charge is 2.18. The molecule has 1 aliphatic heterocycles. The topological polar surface area (TPSA) is 46.2 Å². The molecule has 2 rings (SSSR count). The van der Waals surface area contributed by atoms with Gasteiger partial charge in [0.25, 0.3) is 0 Å². The molecule has 0 saturated carbocycles. The summed E-state index contributed by atoms with van der Waals surface area (Å²) in [4.78, 5) is 1.20. The van der Waals surface area contributed by atoms with Gasteiger partial charge in [-0.1, -0.05) is 18.2 Å². The molecule has 0 radical (unpaired) electrons. The first-order valence-electron chi connectivity index (χ1n) is 4.44. The van der Waals surface area contributed by atoms with Crippen molar-refractivity contribution in [2.45, 2.75) is 24.0 Å². The van der Waals surface area contributed by atoms with Gasteiger partial charge in [-0.15, -0.1) is 11.8 Å². The smallest absolute Gasteiger partial charge is 0.0692 e. The van der Waals surface area contributed by atoms with Crippen molar-refractivity contribution in [2.24, 2.45) is 5.73 Å². The molecule has 0 amide bonds. The first kappa shape index (κ1) is 9.06. The Bertz CT molecular complexity index is 314. The van der Waals surface area contributed by atoms with Gasteiger partial charge >= 0.3 is 0 Å². The largest absolute Gasteiger partial charge is 0.392 e. The van der Waals surface area contributed by atoms with Gasteiger partial charge in [-0.05, 0) is 23.3 Å². The van der Waals surface area contributed by atoms with Crippen LogP contribution in [-0.4, -0.2) is 10.9 Å². The van der Waals surface area contributed by atoms with Gasteiger partial charge in [0.1, 0.15) is 0 Å². The molecule has 0 aromatic heterocycles. The minimum Gasteiger partial charge on any atom is -0.392 e. The fourth-order valence-corrected chi connectivity index (χ4v) is 2.92. The zero-order chi connectivity index (χ0) is 9.26. The van der Waals surface area contributed by atoms with E-state index in [1.165, 1.54) is 10.5 Å². The second kappa shape index (κ2) is 3.70. The van der Waals surface area contributed by atoms with E-state index in [0.29, 0.717) is 0 Å². The average molecular weight is 195 g/mol. The Morgan fingerprint density at radius 2 is 2.38 bits per heavy atom. The normalized spacial score (nSPS) is 21.2. The summed E-state index contributed by atoms with van der Waals surface area (Å²) in [7, 11) is 0. The van der Waals surface area contributed by atoms with E-state index in [1.807, 2.05) is 12.1 Å². The summed E-state index contributed by atoms with van der Waals surface area (Å²) in [6, 6.07) is 6.15. The van der Waals surface area contributed by atoms with Crippen molar-refractivity contribution in [1.29, 1.82) is 0 Å². The number of aliphatic hydroxyl groups excluding tert-OH is 1. The van der Waals surface area contributed by atoms with E-state index in [2.05, 4.69) is 6.07 Å². The van der Waals surface area contributed by atoms with Crippen molar-refractivity contribution in [3.05, 3.63) is 29.3 Å². The van der Waals surface area contributed by atoms with E-state index in [4.69, 9.17) is 10.8 Å². The Morgan fingerprint density at radius 3 is 3.15 bits per heavy atom. The van der Waals surface area contributed by atoms with Gasteiger partial charge in [0.05, 0.1) is 6.61 Å². The lowest BCUT2D eigenvalue weighted by molar-refractivity contribution is 0.278. The number of benzene rings is 1. The molecule has 3 N–H and O–H groups in total. The van der Waals surface area contributed by atoms with Gasteiger partial charge in [0.15, 0.2) is 0 Å². The van der Waals surface area contributed by atoms with E-state index < -0.39 is 0 Å². The van der Waals surface area contributed by atoms with Crippen LogP contribution in [0.2, 0.25) is 0 Å². The zero-order valence-electron chi connectivity index (χ0n) is 7.36. The van der Waals surface area contributed by atoms with Crippen molar-refractivity contribution in [1.82, 2.24) is 0 Å². The lowest BCUT2D eigenvalue weighted by Gasteiger charge is -2.23. The average Bonchev–Trinajstić information content (AvgIpc) is 2.18. The molecule has 1 aliphatic rings. The van der Waals surface area contributed by atoms with Crippen LogP contribution in [0.15, 0.2) is 23.1 Å². The van der Waals surface area contributed by atoms with E-state index >= 15 is 0 Å². The summed E-state index contributed by atoms with van der Waals surface area (Å²) in [6.07, 6.45) is 1.03. The number of nitrogens with two attached hydrogens (primary N) is 1. The lowest BCUT2D eigenvalue weighted by Crippen LogP contribution is -2.16. The number of hydrogen-bond acceptors (Lipinski definition) is 3. The van der Waals surface area contributed by atoms with Gasteiger partial charge < -0.3 is 10.8 Å². The Kier molecular flexibility index (Phi) is 2.58. The molecule has 70 valence electrons. The van der Waals surface area contributed by atoms with Crippen molar-refractivity contribution in [3.8, 4) is 0 Å². The molecule has 1 aromatic carbocycles. The van der Waals surface area contributed by atoms with Gasteiger partial charge in [0.2, 0.25) is 0 Å². The molecular formula is C10H13NOS. The molecule has 0 unspecified atom stereocenters. The quantitative estimate of drug-likeness (QED) is 0.716. The molecular weight excluding hydrogens is 182 g/mol. The van der Waals surface area contributed by atoms with E-state index in [0.717, 1.165) is 17.7 Å². The molecule has 0 aliphatic carbocycles. The van der Waals surface area contributed by atoms with E-state index in [9.17, 15) is 0 Å². The summed E-state index contributed by atoms with van der Waals surface area (Å²) in [5.74, 6) is 1.06. The van der Waals surface area contributed by atoms with Crippen LogP contribution in [-0.2, 0) is 6.61 Å². The molecule has 3 heteroatoms. The van der Waals surface area contributed by atoms with Crippen LogP contribution in [0.25, 0.3) is 0 Å². The van der Waals surface area contributed by atoms with Crippen LogP contribution in [0.3, 0.4) is 0 Å². The molecule has 1 atom stereocenters. The number of thioether (sulfide) groups is 1. The van der Waals surface area contributed by atoms with Gasteiger partial charge in [-0.2, -0.15) is 0 Å². The van der Waals surface area contributed by atoms with Crippen LogP contribution in [0.5, 0.6) is 0 Å². The zero-order valence-corrected chi connectivity index (χ0v) is 8.18. The number of fused-ring (bicyclic) bond motifs is 1. The Labute approximate surface area is 82.1 Å². The lowest BCUT2D eigenvalue weighted by atomic mass is 10.0. The highest BCUT2D eigenvalue weighted by molar-refractivity contribution is 7.99.